The minimum atomic E-state index is -4.72. The second kappa shape index (κ2) is 10.8. The molecule has 0 atom stereocenters. The van der Waals surface area contributed by atoms with Crippen molar-refractivity contribution in [1.29, 1.82) is 0 Å². The average molecular weight is 520 g/mol. The van der Waals surface area contributed by atoms with Gasteiger partial charge in [-0.1, -0.05) is 36.4 Å². The van der Waals surface area contributed by atoms with Crippen LogP contribution in [0.4, 0.5) is 24.5 Å². The summed E-state index contributed by atoms with van der Waals surface area (Å²) in [5.41, 5.74) is -1.13. The molecule has 3 rings (SSSR count). The zero-order valence-corrected chi connectivity index (χ0v) is 20.2. The Balaban J connectivity index is 1.98. The maximum Gasteiger partial charge on any atom is 0.416 e. The van der Waals surface area contributed by atoms with Gasteiger partial charge in [-0.3, -0.25) is 13.9 Å². The Kier molecular flexibility index (Phi) is 8.03. The van der Waals surface area contributed by atoms with E-state index >= 15 is 0 Å². The zero-order valence-electron chi connectivity index (χ0n) is 19.4. The van der Waals surface area contributed by atoms with Gasteiger partial charge < -0.3 is 10.6 Å². The summed E-state index contributed by atoms with van der Waals surface area (Å²) in [4.78, 5) is 25.3. The van der Waals surface area contributed by atoms with Crippen molar-refractivity contribution in [2.75, 3.05) is 16.2 Å². The second-order valence-corrected chi connectivity index (χ2v) is 9.96. The van der Waals surface area contributed by atoms with Crippen LogP contribution in [-0.4, -0.2) is 32.8 Å². The summed E-state index contributed by atoms with van der Waals surface area (Å²) in [5, 5.41) is 5.21. The summed E-state index contributed by atoms with van der Waals surface area (Å²) in [6.45, 7) is 2.69. The summed E-state index contributed by atoms with van der Waals surface area (Å²) in [7, 11) is -4.42. The number of carbonyl (C=O) groups excluding carboxylic acids is 2. The number of amides is 2. The van der Waals surface area contributed by atoms with Crippen LogP contribution in [-0.2, 0) is 21.0 Å². The fraction of sp³-hybridized carbons (Fsp3) is 0.200. The summed E-state index contributed by atoms with van der Waals surface area (Å²) >= 11 is 0. The van der Waals surface area contributed by atoms with Gasteiger partial charge in [0.1, 0.15) is 6.54 Å². The minimum Gasteiger partial charge on any atom is -0.350 e. The first-order valence-electron chi connectivity index (χ1n) is 10.8. The Morgan fingerprint density at radius 2 is 1.56 bits per heavy atom. The van der Waals surface area contributed by atoms with Crippen LogP contribution in [0.2, 0.25) is 0 Å². The fourth-order valence-electron chi connectivity index (χ4n) is 3.32. The van der Waals surface area contributed by atoms with Crippen LogP contribution in [0.3, 0.4) is 0 Å². The first-order valence-corrected chi connectivity index (χ1v) is 12.3. The Bertz CT molecular complexity index is 1340. The molecule has 0 bridgehead atoms. The first-order chi connectivity index (χ1) is 16.9. The molecule has 0 fully saturated rings. The van der Waals surface area contributed by atoms with Crippen molar-refractivity contribution < 1.29 is 31.2 Å². The van der Waals surface area contributed by atoms with Crippen LogP contribution < -0.4 is 14.9 Å². The molecule has 3 aromatic rings. The quantitative estimate of drug-likeness (QED) is 0.452. The van der Waals surface area contributed by atoms with E-state index in [1.807, 2.05) is 0 Å². The molecule has 11 heteroatoms. The molecule has 0 unspecified atom stereocenters. The molecule has 3 aromatic carbocycles. The topological polar surface area (TPSA) is 95.6 Å². The van der Waals surface area contributed by atoms with Crippen molar-refractivity contribution in [3.8, 4) is 0 Å². The molecule has 2 amide bonds. The van der Waals surface area contributed by atoms with Gasteiger partial charge in [0.25, 0.3) is 15.9 Å². The van der Waals surface area contributed by atoms with Gasteiger partial charge in [-0.2, -0.15) is 13.2 Å². The Labute approximate surface area is 207 Å². The van der Waals surface area contributed by atoms with Gasteiger partial charge in [-0.25, -0.2) is 8.42 Å². The van der Waals surface area contributed by atoms with Gasteiger partial charge in [0.05, 0.1) is 27.4 Å². The number of hydrogen-bond acceptors (Lipinski definition) is 4. The predicted molar refractivity (Wildman–Crippen MR) is 130 cm³/mol. The number of carbonyl (C=O) groups is 2. The molecule has 0 aliphatic carbocycles. The molecule has 2 N–H and O–H groups in total. The van der Waals surface area contributed by atoms with Crippen LogP contribution in [0.1, 0.15) is 29.8 Å². The van der Waals surface area contributed by atoms with Gasteiger partial charge in [-0.05, 0) is 56.3 Å². The Morgan fingerprint density at radius 1 is 0.917 bits per heavy atom. The monoisotopic (exact) mass is 519 g/mol. The molecule has 0 saturated heterocycles. The van der Waals surface area contributed by atoms with Crippen molar-refractivity contribution in [2.24, 2.45) is 0 Å². The van der Waals surface area contributed by atoms with Gasteiger partial charge in [-0.15, -0.1) is 0 Å². The Morgan fingerprint density at radius 3 is 2.19 bits per heavy atom. The van der Waals surface area contributed by atoms with Gasteiger partial charge >= 0.3 is 6.18 Å². The number of hydrogen-bond donors (Lipinski definition) is 2. The van der Waals surface area contributed by atoms with Crippen molar-refractivity contribution in [1.82, 2.24) is 5.32 Å². The van der Waals surface area contributed by atoms with Crippen molar-refractivity contribution in [2.45, 2.75) is 31.0 Å². The highest BCUT2D eigenvalue weighted by atomic mass is 32.2. The van der Waals surface area contributed by atoms with E-state index in [9.17, 15) is 31.2 Å². The molecular formula is C25H24F3N3O4S. The second-order valence-electron chi connectivity index (χ2n) is 8.09. The van der Waals surface area contributed by atoms with Gasteiger partial charge in [0.15, 0.2) is 0 Å². The lowest BCUT2D eigenvalue weighted by molar-refractivity contribution is -0.137. The summed E-state index contributed by atoms with van der Waals surface area (Å²) in [6, 6.07) is 16.7. The van der Waals surface area contributed by atoms with Crippen LogP contribution in [0.5, 0.6) is 0 Å². The molecule has 0 spiro atoms. The van der Waals surface area contributed by atoms with E-state index in [-0.39, 0.29) is 27.9 Å². The number of para-hydroxylation sites is 1. The van der Waals surface area contributed by atoms with E-state index in [1.165, 1.54) is 42.5 Å². The number of sulfonamides is 1. The average Bonchev–Trinajstić information content (AvgIpc) is 2.82. The van der Waals surface area contributed by atoms with Gasteiger partial charge in [0, 0.05) is 6.04 Å². The summed E-state index contributed by atoms with van der Waals surface area (Å²) in [5.74, 6) is -1.30. The molecule has 0 aliphatic heterocycles. The third-order valence-corrected chi connectivity index (χ3v) is 6.73. The standard InChI is InChI=1S/C25H24F3N3O4S/c1-17(2)29-24(33)21-13-6-7-14-22(21)30-23(32)16-31(36(34,35)20-11-4-3-5-12-20)19-10-8-9-18(15-19)25(26,27)28/h3-15,17H,16H2,1-2H3,(H,29,33)(H,30,32). The van der Waals surface area contributed by atoms with E-state index in [4.69, 9.17) is 0 Å². The molecule has 190 valence electrons. The summed E-state index contributed by atoms with van der Waals surface area (Å²) in [6.07, 6.45) is -4.72. The van der Waals surface area contributed by atoms with Crippen LogP contribution >= 0.6 is 0 Å². The van der Waals surface area contributed by atoms with E-state index in [0.717, 1.165) is 12.1 Å². The van der Waals surface area contributed by atoms with Crippen molar-refractivity contribution in [3.63, 3.8) is 0 Å². The SMILES string of the molecule is CC(C)NC(=O)c1ccccc1NC(=O)CN(c1cccc(C(F)(F)F)c1)S(=O)(=O)c1ccccc1. The highest BCUT2D eigenvalue weighted by Gasteiger charge is 2.33. The number of nitrogens with zero attached hydrogens (tertiary/aromatic N) is 1. The number of rotatable bonds is 8. The predicted octanol–water partition coefficient (Wildman–Crippen LogP) is 4.68. The third kappa shape index (κ3) is 6.42. The lowest BCUT2D eigenvalue weighted by atomic mass is 10.1. The van der Waals surface area contributed by atoms with E-state index < -0.39 is 40.1 Å². The Hall–Kier alpha value is -3.86. The number of nitrogens with one attached hydrogen (secondary N) is 2. The first kappa shape index (κ1) is 26.7. The minimum absolute atomic E-state index is 0.127. The number of alkyl halides is 3. The summed E-state index contributed by atoms with van der Waals surface area (Å²) < 4.78 is 67.3. The molecule has 0 radical (unpaired) electrons. The molecule has 0 saturated carbocycles. The van der Waals surface area contributed by atoms with Crippen LogP contribution in [0.25, 0.3) is 0 Å². The smallest absolute Gasteiger partial charge is 0.350 e. The lowest BCUT2D eigenvalue weighted by Gasteiger charge is -2.25. The van der Waals surface area contributed by atoms with Gasteiger partial charge in [0.2, 0.25) is 5.91 Å². The van der Waals surface area contributed by atoms with Crippen LogP contribution in [0.15, 0.2) is 83.8 Å². The number of halogens is 3. The normalized spacial score (nSPS) is 11.7. The zero-order chi connectivity index (χ0) is 26.5. The molecule has 0 heterocycles. The third-order valence-electron chi connectivity index (χ3n) is 4.95. The van der Waals surface area contributed by atoms with Crippen molar-refractivity contribution in [3.05, 3.63) is 90.0 Å². The van der Waals surface area contributed by atoms with E-state index in [2.05, 4.69) is 10.6 Å². The van der Waals surface area contributed by atoms with E-state index in [1.54, 1.807) is 32.0 Å². The number of benzene rings is 3. The molecule has 36 heavy (non-hydrogen) atoms. The van der Waals surface area contributed by atoms with Crippen molar-refractivity contribution >= 4 is 33.2 Å². The molecule has 7 nitrogen and oxygen atoms in total. The van der Waals surface area contributed by atoms with E-state index in [0.29, 0.717) is 10.4 Å². The largest absolute Gasteiger partial charge is 0.416 e. The maximum atomic E-state index is 13.4. The fourth-order valence-corrected chi connectivity index (χ4v) is 4.76. The molecular weight excluding hydrogens is 495 g/mol. The maximum absolute atomic E-state index is 13.4. The number of anilines is 2. The van der Waals surface area contributed by atoms with Crippen LogP contribution in [0, 0.1) is 0 Å². The molecule has 0 aliphatic rings. The lowest BCUT2D eigenvalue weighted by Crippen LogP contribution is -2.38. The molecule has 0 aromatic heterocycles. The highest BCUT2D eigenvalue weighted by Crippen LogP contribution is 2.33. The highest BCUT2D eigenvalue weighted by molar-refractivity contribution is 7.92.